The molecular weight excluding hydrogens is 252 g/mol. The molecule has 1 fully saturated rings. The van der Waals surface area contributed by atoms with Gasteiger partial charge >= 0.3 is 0 Å². The predicted octanol–water partition coefficient (Wildman–Crippen LogP) is 3.50. The second-order valence-electron chi connectivity index (χ2n) is 6.10. The number of thiocarbonyl (C=S) groups is 1. The molecule has 0 aliphatic carbocycles. The van der Waals surface area contributed by atoms with Gasteiger partial charge in [0.2, 0.25) is 0 Å². The molecule has 3 unspecified atom stereocenters. The topological polar surface area (TPSA) is 29.3 Å². The molecule has 0 saturated carbocycles. The Morgan fingerprint density at radius 3 is 2.63 bits per heavy atom. The summed E-state index contributed by atoms with van der Waals surface area (Å²) in [5, 5.41) is 0. The molecule has 1 saturated heterocycles. The molecule has 3 atom stereocenters. The van der Waals surface area contributed by atoms with Gasteiger partial charge in [-0.25, -0.2) is 0 Å². The maximum atomic E-state index is 5.91. The number of hydrogen-bond acceptors (Lipinski definition) is 2. The average Bonchev–Trinajstić information content (AvgIpc) is 2.34. The maximum Gasteiger partial charge on any atom is 0.106 e. The normalized spacial score (nSPS) is 27.4. The molecule has 1 aliphatic heterocycles. The molecule has 2 nitrogen and oxygen atoms in total. The van der Waals surface area contributed by atoms with Gasteiger partial charge in [-0.2, -0.15) is 0 Å². The molecule has 0 amide bonds. The lowest BCUT2D eigenvalue weighted by Crippen LogP contribution is -2.46. The Kier molecular flexibility index (Phi) is 4.14. The second-order valence-corrected chi connectivity index (χ2v) is 6.54. The van der Waals surface area contributed by atoms with Crippen molar-refractivity contribution in [2.24, 2.45) is 17.6 Å². The van der Waals surface area contributed by atoms with Crippen LogP contribution < -0.4 is 10.6 Å². The van der Waals surface area contributed by atoms with Crippen LogP contribution in [-0.4, -0.2) is 17.6 Å². The minimum absolute atomic E-state index is 0.497. The molecule has 0 bridgehead atoms. The third-order valence-electron chi connectivity index (χ3n) is 4.32. The zero-order valence-electron chi connectivity index (χ0n) is 12.3. The minimum Gasteiger partial charge on any atom is -0.389 e. The molecule has 3 heteroatoms. The first-order valence-electron chi connectivity index (χ1n) is 7.07. The highest BCUT2D eigenvalue weighted by molar-refractivity contribution is 7.80. The lowest BCUT2D eigenvalue weighted by molar-refractivity contribution is 0.297. The molecule has 2 rings (SSSR count). The molecule has 1 aliphatic rings. The molecule has 104 valence electrons. The summed E-state index contributed by atoms with van der Waals surface area (Å²) in [6.07, 6.45) is 1.30. The van der Waals surface area contributed by atoms with Gasteiger partial charge in [0.25, 0.3) is 0 Å². The number of benzene rings is 1. The van der Waals surface area contributed by atoms with Crippen molar-refractivity contribution in [3.05, 3.63) is 29.3 Å². The van der Waals surface area contributed by atoms with E-state index in [9.17, 15) is 0 Å². The van der Waals surface area contributed by atoms with Crippen molar-refractivity contribution < 1.29 is 0 Å². The largest absolute Gasteiger partial charge is 0.389 e. The van der Waals surface area contributed by atoms with E-state index < -0.39 is 0 Å². The van der Waals surface area contributed by atoms with Crippen LogP contribution in [0, 0.1) is 18.8 Å². The molecule has 19 heavy (non-hydrogen) atoms. The number of nitrogens with zero attached hydrogens (tertiary/aromatic N) is 1. The third-order valence-corrected chi connectivity index (χ3v) is 4.54. The quantitative estimate of drug-likeness (QED) is 0.838. The van der Waals surface area contributed by atoms with Crippen molar-refractivity contribution in [3.63, 3.8) is 0 Å². The highest BCUT2D eigenvalue weighted by Crippen LogP contribution is 2.33. The van der Waals surface area contributed by atoms with Crippen LogP contribution >= 0.6 is 12.2 Å². The number of anilines is 1. The van der Waals surface area contributed by atoms with Gasteiger partial charge < -0.3 is 10.6 Å². The van der Waals surface area contributed by atoms with Gasteiger partial charge in [-0.3, -0.25) is 0 Å². The minimum atomic E-state index is 0.497. The second kappa shape index (κ2) is 5.49. The van der Waals surface area contributed by atoms with E-state index in [1.54, 1.807) is 0 Å². The summed E-state index contributed by atoms with van der Waals surface area (Å²) >= 11 is 5.23. The molecule has 2 N–H and O–H groups in total. The van der Waals surface area contributed by atoms with E-state index in [1.807, 2.05) is 0 Å². The highest BCUT2D eigenvalue weighted by atomic mass is 32.1. The van der Waals surface area contributed by atoms with Crippen LogP contribution in [0.1, 0.15) is 38.3 Å². The van der Waals surface area contributed by atoms with E-state index in [-0.39, 0.29) is 0 Å². The zero-order chi connectivity index (χ0) is 14.2. The summed E-state index contributed by atoms with van der Waals surface area (Å²) in [5.74, 6) is 1.41. The maximum absolute atomic E-state index is 5.91. The summed E-state index contributed by atoms with van der Waals surface area (Å²) in [6, 6.07) is 6.96. The van der Waals surface area contributed by atoms with Crippen molar-refractivity contribution in [2.45, 2.75) is 40.2 Å². The Hall–Kier alpha value is -1.09. The number of aryl methyl sites for hydroxylation is 1. The van der Waals surface area contributed by atoms with Crippen LogP contribution in [0.25, 0.3) is 0 Å². The lowest BCUT2D eigenvalue weighted by atomic mass is 9.85. The average molecular weight is 276 g/mol. The SMILES string of the molecule is Cc1ccc(N2CC(C)CC(C)C2C)c(C(N)=S)c1. The van der Waals surface area contributed by atoms with Gasteiger partial charge in [-0.15, -0.1) is 0 Å². The summed E-state index contributed by atoms with van der Waals surface area (Å²) in [7, 11) is 0. The van der Waals surface area contributed by atoms with Crippen molar-refractivity contribution in [3.8, 4) is 0 Å². The fourth-order valence-electron chi connectivity index (χ4n) is 3.13. The van der Waals surface area contributed by atoms with Crippen LogP contribution in [0.4, 0.5) is 5.69 Å². The first-order chi connectivity index (χ1) is 8.90. The van der Waals surface area contributed by atoms with Crippen LogP contribution in [0.2, 0.25) is 0 Å². The zero-order valence-corrected chi connectivity index (χ0v) is 13.1. The van der Waals surface area contributed by atoms with Gasteiger partial charge in [-0.05, 0) is 44.2 Å². The standard InChI is InChI=1S/C16H24N2S/c1-10-5-6-15(14(8-10)16(17)19)18-9-11(2)7-12(3)13(18)4/h5-6,8,11-13H,7,9H2,1-4H3,(H2,17,19). The Balaban J connectivity index is 2.42. The van der Waals surface area contributed by atoms with Crippen molar-refractivity contribution >= 4 is 22.9 Å². The van der Waals surface area contributed by atoms with E-state index in [0.717, 1.165) is 12.1 Å². The van der Waals surface area contributed by atoms with Crippen molar-refractivity contribution in [1.29, 1.82) is 0 Å². The van der Waals surface area contributed by atoms with E-state index in [1.165, 1.54) is 17.7 Å². The molecule has 0 radical (unpaired) electrons. The van der Waals surface area contributed by atoms with Crippen molar-refractivity contribution in [1.82, 2.24) is 0 Å². The van der Waals surface area contributed by atoms with Gasteiger partial charge in [0, 0.05) is 23.8 Å². The van der Waals surface area contributed by atoms with Crippen LogP contribution in [0.15, 0.2) is 18.2 Å². The van der Waals surface area contributed by atoms with E-state index in [2.05, 4.69) is 50.8 Å². The third kappa shape index (κ3) is 2.92. The number of piperidine rings is 1. The lowest BCUT2D eigenvalue weighted by Gasteiger charge is -2.43. The van der Waals surface area contributed by atoms with Crippen molar-refractivity contribution in [2.75, 3.05) is 11.4 Å². The molecule has 1 aromatic rings. The van der Waals surface area contributed by atoms with Crippen LogP contribution in [0.3, 0.4) is 0 Å². The Morgan fingerprint density at radius 2 is 2.00 bits per heavy atom. The smallest absolute Gasteiger partial charge is 0.106 e. The number of nitrogens with two attached hydrogens (primary N) is 1. The molecular formula is C16H24N2S. The molecule has 0 spiro atoms. The molecule has 1 heterocycles. The summed E-state index contributed by atoms with van der Waals surface area (Å²) in [4.78, 5) is 2.98. The Morgan fingerprint density at radius 1 is 1.32 bits per heavy atom. The Bertz CT molecular complexity index is 484. The van der Waals surface area contributed by atoms with E-state index in [0.29, 0.717) is 22.9 Å². The van der Waals surface area contributed by atoms with Crippen LogP contribution in [0.5, 0.6) is 0 Å². The monoisotopic (exact) mass is 276 g/mol. The fraction of sp³-hybridized carbons (Fsp3) is 0.562. The number of rotatable bonds is 2. The van der Waals surface area contributed by atoms with Gasteiger partial charge in [0.05, 0.1) is 0 Å². The first-order valence-corrected chi connectivity index (χ1v) is 7.48. The predicted molar refractivity (Wildman–Crippen MR) is 86.8 cm³/mol. The summed E-state index contributed by atoms with van der Waals surface area (Å²) in [5.41, 5.74) is 9.33. The van der Waals surface area contributed by atoms with E-state index in [4.69, 9.17) is 18.0 Å². The highest BCUT2D eigenvalue weighted by Gasteiger charge is 2.30. The molecule has 0 aromatic heterocycles. The van der Waals surface area contributed by atoms with Gasteiger partial charge in [-0.1, -0.05) is 37.7 Å². The summed E-state index contributed by atoms with van der Waals surface area (Å²) in [6.45, 7) is 10.1. The first kappa shape index (κ1) is 14.3. The molecule has 1 aromatic carbocycles. The van der Waals surface area contributed by atoms with Crippen LogP contribution in [-0.2, 0) is 0 Å². The number of hydrogen-bond donors (Lipinski definition) is 1. The van der Waals surface area contributed by atoms with Gasteiger partial charge in [0.1, 0.15) is 4.99 Å². The Labute approximate surface area is 122 Å². The summed E-state index contributed by atoms with van der Waals surface area (Å²) < 4.78 is 0. The van der Waals surface area contributed by atoms with Gasteiger partial charge in [0.15, 0.2) is 0 Å². The fourth-order valence-corrected chi connectivity index (χ4v) is 3.29. The van der Waals surface area contributed by atoms with E-state index >= 15 is 0 Å².